The highest BCUT2D eigenvalue weighted by Crippen LogP contribution is 2.26. The Morgan fingerprint density at radius 3 is 2.67 bits per heavy atom. The van der Waals surface area contributed by atoms with Crippen LogP contribution in [0.1, 0.15) is 10.4 Å². The Hall–Kier alpha value is -2.26. The molecule has 130 valence electrons. The molecule has 0 amide bonds. The second kappa shape index (κ2) is 7.10. The van der Waals surface area contributed by atoms with Gasteiger partial charge in [0.05, 0.1) is 29.4 Å². The molecule has 1 aromatic carbocycles. The van der Waals surface area contributed by atoms with E-state index >= 15 is 0 Å². The Bertz CT molecular complexity index is 766. The minimum absolute atomic E-state index is 0.111. The number of nitro benzene ring substituents is 1. The number of ether oxygens (including phenoxy) is 2. The fourth-order valence-corrected chi connectivity index (χ4v) is 2.92. The minimum atomic E-state index is -1.17. The third-order valence-electron chi connectivity index (χ3n) is 3.57. The average molecular weight is 351 g/mol. The third-order valence-corrected chi connectivity index (χ3v) is 5.27. The molecule has 8 nitrogen and oxygen atoms in total. The van der Waals surface area contributed by atoms with Crippen molar-refractivity contribution in [2.75, 3.05) is 13.7 Å². The van der Waals surface area contributed by atoms with Crippen molar-refractivity contribution in [3.05, 3.63) is 34.1 Å². The van der Waals surface area contributed by atoms with Crippen LogP contribution in [0, 0.1) is 10.1 Å². The first-order valence-electron chi connectivity index (χ1n) is 7.52. The number of esters is 1. The number of fused-ring (bicyclic) bond motifs is 1. The van der Waals surface area contributed by atoms with Gasteiger partial charge in [-0.25, -0.2) is 9.78 Å². The van der Waals surface area contributed by atoms with Gasteiger partial charge in [-0.2, -0.15) is 0 Å². The van der Waals surface area contributed by atoms with Crippen LogP contribution in [0.2, 0.25) is 25.7 Å². The van der Waals surface area contributed by atoms with E-state index in [0.29, 0.717) is 17.6 Å². The van der Waals surface area contributed by atoms with E-state index in [4.69, 9.17) is 4.74 Å². The van der Waals surface area contributed by atoms with Crippen LogP contribution < -0.4 is 0 Å². The summed E-state index contributed by atoms with van der Waals surface area (Å²) in [6.07, 6.45) is 1.55. The van der Waals surface area contributed by atoms with Crippen LogP contribution in [-0.4, -0.2) is 42.2 Å². The maximum Gasteiger partial charge on any atom is 0.344 e. The fraction of sp³-hybridized carbons (Fsp3) is 0.467. The molecule has 0 saturated heterocycles. The molecule has 0 aliphatic carbocycles. The average Bonchev–Trinajstić information content (AvgIpc) is 2.90. The molecule has 2 aromatic rings. The summed E-state index contributed by atoms with van der Waals surface area (Å²) in [5.74, 6) is -0.760. The lowest BCUT2D eigenvalue weighted by Crippen LogP contribution is -2.21. The largest absolute Gasteiger partial charge is 0.465 e. The van der Waals surface area contributed by atoms with Gasteiger partial charge in [-0.05, 0) is 12.1 Å². The number of nitrogens with zero attached hydrogens (tertiary/aromatic N) is 3. The molecule has 24 heavy (non-hydrogen) atoms. The van der Waals surface area contributed by atoms with Gasteiger partial charge in [-0.1, -0.05) is 19.6 Å². The maximum atomic E-state index is 11.7. The van der Waals surface area contributed by atoms with Crippen molar-refractivity contribution in [1.82, 2.24) is 9.55 Å². The Morgan fingerprint density at radius 2 is 2.08 bits per heavy atom. The number of methoxy groups -OCH3 is 1. The van der Waals surface area contributed by atoms with E-state index in [1.165, 1.54) is 19.2 Å². The molecule has 1 heterocycles. The number of nitro groups is 1. The normalized spacial score (nSPS) is 11.7. The summed E-state index contributed by atoms with van der Waals surface area (Å²) >= 11 is 0. The van der Waals surface area contributed by atoms with Gasteiger partial charge in [0.1, 0.15) is 12.3 Å². The van der Waals surface area contributed by atoms with E-state index in [-0.39, 0.29) is 18.0 Å². The van der Waals surface area contributed by atoms with Crippen molar-refractivity contribution in [2.24, 2.45) is 0 Å². The maximum absolute atomic E-state index is 11.7. The van der Waals surface area contributed by atoms with Crippen molar-refractivity contribution in [1.29, 1.82) is 0 Å². The van der Waals surface area contributed by atoms with E-state index in [1.54, 1.807) is 10.9 Å². The highest BCUT2D eigenvalue weighted by molar-refractivity contribution is 6.76. The van der Waals surface area contributed by atoms with Crippen LogP contribution in [0.25, 0.3) is 11.0 Å². The zero-order valence-electron chi connectivity index (χ0n) is 14.2. The van der Waals surface area contributed by atoms with Gasteiger partial charge in [0.2, 0.25) is 0 Å². The van der Waals surface area contributed by atoms with E-state index in [9.17, 15) is 14.9 Å². The van der Waals surface area contributed by atoms with Crippen molar-refractivity contribution < 1.29 is 19.2 Å². The van der Waals surface area contributed by atoms with Gasteiger partial charge in [0.15, 0.2) is 0 Å². The summed E-state index contributed by atoms with van der Waals surface area (Å²) in [7, 11) is 0.0101. The smallest absolute Gasteiger partial charge is 0.344 e. The van der Waals surface area contributed by atoms with Gasteiger partial charge in [-0.15, -0.1) is 0 Å². The summed E-state index contributed by atoms with van der Waals surface area (Å²) < 4.78 is 11.9. The first-order chi connectivity index (χ1) is 11.2. The van der Waals surface area contributed by atoms with Crippen molar-refractivity contribution in [2.45, 2.75) is 32.4 Å². The van der Waals surface area contributed by atoms with Crippen LogP contribution in [0.5, 0.6) is 0 Å². The zero-order valence-corrected chi connectivity index (χ0v) is 15.2. The third kappa shape index (κ3) is 4.18. The van der Waals surface area contributed by atoms with Crippen LogP contribution in [0.4, 0.5) is 5.69 Å². The monoisotopic (exact) mass is 351 g/mol. The standard InChI is InChI=1S/C15H21N3O5Si/c1-22-15(19)11-7-12-14(8-13(11)18(20)21)17(9-16-12)10-23-5-6-24(2,3)4/h7-9H,5-6,10H2,1-4H3. The molecule has 0 unspecified atom stereocenters. The quantitative estimate of drug-likeness (QED) is 0.250. The molecule has 0 saturated carbocycles. The summed E-state index contributed by atoms with van der Waals surface area (Å²) in [6, 6.07) is 3.74. The second-order valence-corrected chi connectivity index (χ2v) is 12.3. The van der Waals surface area contributed by atoms with Crippen LogP contribution in [0.3, 0.4) is 0 Å². The molecule has 2 rings (SSSR count). The predicted octanol–water partition coefficient (Wildman–Crippen LogP) is 3.04. The van der Waals surface area contributed by atoms with Gasteiger partial charge < -0.3 is 14.0 Å². The zero-order chi connectivity index (χ0) is 17.9. The number of aromatic nitrogens is 2. The molecular formula is C15H21N3O5Si. The first kappa shape index (κ1) is 18.1. The number of imidazole rings is 1. The summed E-state index contributed by atoms with van der Waals surface area (Å²) in [6.45, 7) is 7.69. The number of hydrogen-bond donors (Lipinski definition) is 0. The number of carbonyl (C=O) groups excluding carboxylic acids is 1. The van der Waals surface area contributed by atoms with Gasteiger partial charge >= 0.3 is 5.97 Å². The topological polar surface area (TPSA) is 96.5 Å². The molecule has 0 spiro atoms. The number of carbonyl (C=O) groups is 1. The molecule has 0 radical (unpaired) electrons. The first-order valence-corrected chi connectivity index (χ1v) is 11.2. The molecular weight excluding hydrogens is 330 g/mol. The number of hydrogen-bond acceptors (Lipinski definition) is 6. The molecule has 9 heteroatoms. The second-order valence-electron chi connectivity index (χ2n) is 6.67. The van der Waals surface area contributed by atoms with Crippen molar-refractivity contribution in [3.63, 3.8) is 0 Å². The van der Waals surface area contributed by atoms with E-state index in [1.807, 2.05) is 0 Å². The molecule has 0 aliphatic heterocycles. The Balaban J connectivity index is 2.26. The lowest BCUT2D eigenvalue weighted by atomic mass is 10.1. The summed E-state index contributed by atoms with van der Waals surface area (Å²) in [4.78, 5) is 26.5. The highest BCUT2D eigenvalue weighted by atomic mass is 28.3. The van der Waals surface area contributed by atoms with Gasteiger partial charge in [-0.3, -0.25) is 10.1 Å². The SMILES string of the molecule is COC(=O)c1cc2ncn(COCC[Si](C)(C)C)c2cc1[N+](=O)[O-]. The van der Waals surface area contributed by atoms with E-state index < -0.39 is 19.0 Å². The molecule has 0 fully saturated rings. The minimum Gasteiger partial charge on any atom is -0.465 e. The fourth-order valence-electron chi connectivity index (χ4n) is 2.16. The van der Waals surface area contributed by atoms with Crippen molar-refractivity contribution in [3.8, 4) is 0 Å². The van der Waals surface area contributed by atoms with Gasteiger partial charge in [0, 0.05) is 20.7 Å². The summed E-state index contributed by atoms with van der Waals surface area (Å²) in [5, 5.41) is 11.2. The lowest BCUT2D eigenvalue weighted by molar-refractivity contribution is -0.385. The number of benzene rings is 1. The van der Waals surface area contributed by atoms with Crippen molar-refractivity contribution >= 4 is 30.8 Å². The lowest BCUT2D eigenvalue weighted by Gasteiger charge is -2.15. The Kier molecular flexibility index (Phi) is 5.35. The Morgan fingerprint density at radius 1 is 1.38 bits per heavy atom. The Labute approximate surface area is 140 Å². The van der Waals surface area contributed by atoms with E-state index in [0.717, 1.165) is 6.04 Å². The van der Waals surface area contributed by atoms with E-state index in [2.05, 4.69) is 29.4 Å². The molecule has 0 atom stereocenters. The van der Waals surface area contributed by atoms with Crippen LogP contribution >= 0.6 is 0 Å². The number of rotatable bonds is 7. The molecule has 0 bridgehead atoms. The van der Waals surface area contributed by atoms with Crippen LogP contribution in [-0.2, 0) is 16.2 Å². The van der Waals surface area contributed by atoms with Crippen LogP contribution in [0.15, 0.2) is 18.5 Å². The molecule has 0 aliphatic rings. The summed E-state index contributed by atoms with van der Waals surface area (Å²) in [5.41, 5.74) is 0.607. The van der Waals surface area contributed by atoms with Gasteiger partial charge in [0.25, 0.3) is 5.69 Å². The molecule has 1 aromatic heterocycles. The predicted molar refractivity (Wildman–Crippen MR) is 91.8 cm³/mol. The molecule has 0 N–H and O–H groups in total. The highest BCUT2D eigenvalue weighted by Gasteiger charge is 2.23.